The van der Waals surface area contributed by atoms with Gasteiger partial charge in [-0.15, -0.1) is 0 Å². The molecule has 2 aliphatic rings. The van der Waals surface area contributed by atoms with Gasteiger partial charge < -0.3 is 15.2 Å². The number of nitrogen functional groups attached to an aromatic ring is 1. The van der Waals surface area contributed by atoms with E-state index in [0.29, 0.717) is 63.0 Å². The summed E-state index contributed by atoms with van der Waals surface area (Å²) in [5.74, 6) is -0.294. The van der Waals surface area contributed by atoms with E-state index in [1.54, 1.807) is 12.1 Å². The van der Waals surface area contributed by atoms with E-state index in [1.807, 2.05) is 24.0 Å². The van der Waals surface area contributed by atoms with Crippen LogP contribution < -0.4 is 10.5 Å². The van der Waals surface area contributed by atoms with E-state index >= 15 is 0 Å². The zero-order valence-electron chi connectivity index (χ0n) is 18.8. The van der Waals surface area contributed by atoms with Crippen molar-refractivity contribution in [3.63, 3.8) is 0 Å². The molecule has 2 saturated heterocycles. The smallest absolute Gasteiger partial charge is 0.243 e. The molecule has 1 aromatic carbocycles. The molecule has 4 rings (SSSR count). The highest BCUT2D eigenvalue weighted by Crippen LogP contribution is 2.32. The van der Waals surface area contributed by atoms with Crippen molar-refractivity contribution in [1.82, 2.24) is 20.0 Å². The number of hydrogen-bond donors (Lipinski definition) is 3. The SMILES string of the molecule is Cc1c(C2CCCN(C(=O)CN3CCOCC3)C2=O)n[nH]c1OCc1ccc(C(=N)N)cc1. The molecule has 1 aromatic heterocycles. The van der Waals surface area contributed by atoms with Gasteiger partial charge in [-0.1, -0.05) is 24.3 Å². The molecule has 1 unspecified atom stereocenters. The maximum Gasteiger partial charge on any atom is 0.243 e. The number of carbonyl (C=O) groups is 2. The Morgan fingerprint density at radius 2 is 2.00 bits per heavy atom. The molecule has 0 bridgehead atoms. The van der Waals surface area contributed by atoms with Gasteiger partial charge in [0.1, 0.15) is 12.4 Å². The van der Waals surface area contributed by atoms with E-state index in [2.05, 4.69) is 10.2 Å². The monoisotopic (exact) mass is 454 g/mol. The van der Waals surface area contributed by atoms with Gasteiger partial charge in [0.25, 0.3) is 0 Å². The number of carbonyl (C=O) groups excluding carboxylic acids is 2. The lowest BCUT2D eigenvalue weighted by atomic mass is 9.91. The number of aromatic amines is 1. The van der Waals surface area contributed by atoms with Crippen LogP contribution in [0.4, 0.5) is 0 Å². The first-order valence-corrected chi connectivity index (χ1v) is 11.2. The molecule has 176 valence electrons. The summed E-state index contributed by atoms with van der Waals surface area (Å²) in [6, 6.07) is 7.25. The Balaban J connectivity index is 1.39. The molecule has 33 heavy (non-hydrogen) atoms. The van der Waals surface area contributed by atoms with Crippen molar-refractivity contribution in [2.45, 2.75) is 32.3 Å². The zero-order valence-corrected chi connectivity index (χ0v) is 18.8. The number of benzene rings is 1. The van der Waals surface area contributed by atoms with E-state index in [1.165, 1.54) is 4.90 Å². The predicted octanol–water partition coefficient (Wildman–Crippen LogP) is 1.15. The third kappa shape index (κ3) is 5.23. The second-order valence-electron chi connectivity index (χ2n) is 8.43. The highest BCUT2D eigenvalue weighted by atomic mass is 16.5. The number of aromatic nitrogens is 2. The van der Waals surface area contributed by atoms with Gasteiger partial charge in [0.05, 0.1) is 31.4 Å². The molecule has 2 amide bonds. The summed E-state index contributed by atoms with van der Waals surface area (Å²) in [4.78, 5) is 29.4. The van der Waals surface area contributed by atoms with Crippen LogP contribution in [0, 0.1) is 12.3 Å². The van der Waals surface area contributed by atoms with Crippen molar-refractivity contribution in [2.75, 3.05) is 39.4 Å². The third-order valence-corrected chi connectivity index (χ3v) is 6.18. The van der Waals surface area contributed by atoms with Gasteiger partial charge in [-0.05, 0) is 25.3 Å². The van der Waals surface area contributed by atoms with Crippen molar-refractivity contribution in [3.8, 4) is 5.88 Å². The Kier molecular flexibility index (Phi) is 7.05. The van der Waals surface area contributed by atoms with Crippen LogP contribution in [0.1, 0.15) is 41.1 Å². The van der Waals surface area contributed by atoms with Crippen molar-refractivity contribution in [3.05, 3.63) is 46.6 Å². The molecule has 1 atom stereocenters. The summed E-state index contributed by atoms with van der Waals surface area (Å²) >= 11 is 0. The van der Waals surface area contributed by atoms with Crippen LogP contribution in [-0.2, 0) is 20.9 Å². The van der Waals surface area contributed by atoms with E-state index in [0.717, 1.165) is 17.5 Å². The lowest BCUT2D eigenvalue weighted by molar-refractivity contribution is -0.149. The summed E-state index contributed by atoms with van der Waals surface area (Å²) < 4.78 is 11.2. The normalized spacial score (nSPS) is 19.5. The topological polar surface area (TPSA) is 138 Å². The first kappa shape index (κ1) is 22.9. The summed E-state index contributed by atoms with van der Waals surface area (Å²) in [5.41, 5.74) is 8.47. The number of amidine groups is 1. The summed E-state index contributed by atoms with van der Waals surface area (Å²) in [7, 11) is 0. The molecular weight excluding hydrogens is 424 g/mol. The van der Waals surface area contributed by atoms with Gasteiger partial charge in [0.15, 0.2) is 0 Å². The number of rotatable bonds is 7. The molecule has 0 saturated carbocycles. The number of nitrogens with one attached hydrogen (secondary N) is 2. The Bertz CT molecular complexity index is 1010. The molecule has 3 heterocycles. The lowest BCUT2D eigenvalue weighted by Gasteiger charge is -2.33. The quantitative estimate of drug-likeness (QED) is 0.421. The number of amides is 2. The Morgan fingerprint density at radius 1 is 1.27 bits per heavy atom. The number of hydrogen-bond acceptors (Lipinski definition) is 7. The minimum absolute atomic E-state index is 0.0196. The van der Waals surface area contributed by atoms with Gasteiger partial charge in [-0.3, -0.25) is 24.8 Å². The van der Waals surface area contributed by atoms with Crippen molar-refractivity contribution < 1.29 is 19.1 Å². The average Bonchev–Trinajstić information content (AvgIpc) is 3.18. The highest BCUT2D eigenvalue weighted by molar-refractivity contribution is 5.99. The Labute approximate surface area is 192 Å². The van der Waals surface area contributed by atoms with Gasteiger partial charge >= 0.3 is 0 Å². The molecule has 2 fully saturated rings. The fourth-order valence-corrected chi connectivity index (χ4v) is 4.22. The van der Waals surface area contributed by atoms with Crippen molar-refractivity contribution >= 4 is 17.6 Å². The fraction of sp³-hybridized carbons (Fsp3) is 0.478. The van der Waals surface area contributed by atoms with E-state index in [9.17, 15) is 9.59 Å². The molecule has 0 aliphatic carbocycles. The van der Waals surface area contributed by atoms with Crippen LogP contribution in [0.3, 0.4) is 0 Å². The summed E-state index contributed by atoms with van der Waals surface area (Å²) in [5, 5.41) is 14.7. The molecule has 2 aliphatic heterocycles. The van der Waals surface area contributed by atoms with E-state index < -0.39 is 5.92 Å². The second-order valence-corrected chi connectivity index (χ2v) is 8.43. The number of nitrogens with two attached hydrogens (primary N) is 1. The van der Waals surface area contributed by atoms with Crippen LogP contribution in [0.15, 0.2) is 24.3 Å². The van der Waals surface area contributed by atoms with Gasteiger partial charge in [-0.25, -0.2) is 5.10 Å². The Hall–Kier alpha value is -3.24. The van der Waals surface area contributed by atoms with Gasteiger partial charge in [0.2, 0.25) is 17.7 Å². The first-order chi connectivity index (χ1) is 15.9. The minimum atomic E-state index is -0.462. The molecular formula is C23H30N6O4. The molecule has 2 aromatic rings. The molecule has 10 nitrogen and oxygen atoms in total. The van der Waals surface area contributed by atoms with Crippen LogP contribution >= 0.6 is 0 Å². The van der Waals surface area contributed by atoms with Crippen molar-refractivity contribution in [2.24, 2.45) is 5.73 Å². The molecule has 10 heteroatoms. The highest BCUT2D eigenvalue weighted by Gasteiger charge is 2.36. The second kappa shape index (κ2) is 10.1. The van der Waals surface area contributed by atoms with Crippen LogP contribution in [0.25, 0.3) is 0 Å². The van der Waals surface area contributed by atoms with Crippen LogP contribution in [0.5, 0.6) is 5.88 Å². The summed E-state index contributed by atoms with van der Waals surface area (Å²) in [6.07, 6.45) is 1.40. The standard InChI is InChI=1S/C23H30N6O4/c1-15-20(26-27-22(15)33-14-16-4-6-17(7-5-16)21(24)25)18-3-2-8-29(23(18)31)19(30)13-28-9-11-32-12-10-28/h4-7,18H,2-3,8-14H2,1H3,(H3,24,25)(H,26,27). The molecule has 4 N–H and O–H groups in total. The average molecular weight is 455 g/mol. The van der Waals surface area contributed by atoms with Crippen LogP contribution in [-0.4, -0.2) is 77.0 Å². The van der Waals surface area contributed by atoms with E-state index in [4.69, 9.17) is 20.6 Å². The fourth-order valence-electron chi connectivity index (χ4n) is 4.22. The largest absolute Gasteiger partial charge is 0.473 e. The first-order valence-electron chi connectivity index (χ1n) is 11.2. The number of nitrogens with zero attached hydrogens (tertiary/aromatic N) is 3. The van der Waals surface area contributed by atoms with Crippen molar-refractivity contribution in [1.29, 1.82) is 5.41 Å². The maximum absolute atomic E-state index is 13.2. The lowest BCUT2D eigenvalue weighted by Crippen LogP contribution is -2.50. The number of ether oxygens (including phenoxy) is 2. The minimum Gasteiger partial charge on any atom is -0.473 e. The van der Waals surface area contributed by atoms with Crippen LogP contribution in [0.2, 0.25) is 0 Å². The number of likely N-dealkylation sites (tertiary alicyclic amines) is 1. The number of piperidine rings is 1. The zero-order chi connectivity index (χ0) is 23.4. The molecule has 0 spiro atoms. The number of imide groups is 1. The number of morpholine rings is 1. The maximum atomic E-state index is 13.2. The van der Waals surface area contributed by atoms with E-state index in [-0.39, 0.29) is 24.2 Å². The predicted molar refractivity (Wildman–Crippen MR) is 121 cm³/mol. The third-order valence-electron chi connectivity index (χ3n) is 6.18. The Morgan fingerprint density at radius 3 is 2.70 bits per heavy atom. The summed E-state index contributed by atoms with van der Waals surface area (Å²) in [6.45, 7) is 5.49. The number of H-pyrrole nitrogens is 1. The molecule has 0 radical (unpaired) electrons. The van der Waals surface area contributed by atoms with Gasteiger partial charge in [-0.2, -0.15) is 5.10 Å². The van der Waals surface area contributed by atoms with Gasteiger partial charge in [0, 0.05) is 30.8 Å².